The Labute approximate surface area is 211 Å². The molecule has 0 unspecified atom stereocenters. The summed E-state index contributed by atoms with van der Waals surface area (Å²) in [5.74, 6) is 0.922. The SMILES string of the molecule is COc1cccc(N(CC(=O)N/N=C(/C)c2ccc(OC)c(OC)c2)S(=O)(=O)c2ccc(C)cc2)c1. The quantitative estimate of drug-likeness (QED) is 0.328. The third kappa shape index (κ3) is 6.14. The third-order valence-corrected chi connectivity index (χ3v) is 7.18. The van der Waals surface area contributed by atoms with Crippen LogP contribution in [0.25, 0.3) is 0 Å². The number of hydrogen-bond donors (Lipinski definition) is 1. The molecule has 9 nitrogen and oxygen atoms in total. The van der Waals surface area contributed by atoms with Crippen molar-refractivity contribution in [3.63, 3.8) is 0 Å². The molecule has 1 N–H and O–H groups in total. The zero-order valence-electron chi connectivity index (χ0n) is 20.8. The predicted octanol–water partition coefficient (Wildman–Crippen LogP) is 3.76. The van der Waals surface area contributed by atoms with E-state index in [2.05, 4.69) is 10.5 Å². The first-order chi connectivity index (χ1) is 17.2. The minimum Gasteiger partial charge on any atom is -0.497 e. The molecule has 190 valence electrons. The third-order valence-electron chi connectivity index (χ3n) is 5.39. The first-order valence-corrected chi connectivity index (χ1v) is 12.4. The number of carbonyl (C=O) groups is 1. The van der Waals surface area contributed by atoms with Crippen LogP contribution in [0.1, 0.15) is 18.1 Å². The number of sulfonamides is 1. The predicted molar refractivity (Wildman–Crippen MR) is 139 cm³/mol. The van der Waals surface area contributed by atoms with Crippen molar-refractivity contribution in [3.05, 3.63) is 77.9 Å². The van der Waals surface area contributed by atoms with E-state index < -0.39 is 22.5 Å². The van der Waals surface area contributed by atoms with E-state index in [1.54, 1.807) is 61.5 Å². The molecule has 0 saturated carbocycles. The van der Waals surface area contributed by atoms with Crippen LogP contribution in [0.5, 0.6) is 17.2 Å². The molecular weight excluding hydrogens is 482 g/mol. The van der Waals surface area contributed by atoms with Crippen molar-refractivity contribution in [2.75, 3.05) is 32.2 Å². The van der Waals surface area contributed by atoms with Gasteiger partial charge in [0.2, 0.25) is 0 Å². The highest BCUT2D eigenvalue weighted by atomic mass is 32.2. The number of hydrogen-bond acceptors (Lipinski definition) is 7. The molecule has 0 heterocycles. The van der Waals surface area contributed by atoms with E-state index in [0.717, 1.165) is 9.87 Å². The molecule has 0 aliphatic carbocycles. The van der Waals surface area contributed by atoms with Gasteiger partial charge in [-0.1, -0.05) is 23.8 Å². The van der Waals surface area contributed by atoms with E-state index in [9.17, 15) is 13.2 Å². The summed E-state index contributed by atoms with van der Waals surface area (Å²) in [6.07, 6.45) is 0. The van der Waals surface area contributed by atoms with Crippen LogP contribution in [-0.4, -0.2) is 47.9 Å². The Morgan fingerprint density at radius 1 is 0.917 bits per heavy atom. The summed E-state index contributed by atoms with van der Waals surface area (Å²) in [4.78, 5) is 12.9. The molecule has 10 heteroatoms. The fourth-order valence-electron chi connectivity index (χ4n) is 3.36. The molecule has 0 spiro atoms. The zero-order chi connectivity index (χ0) is 26.3. The first-order valence-electron chi connectivity index (χ1n) is 11.0. The van der Waals surface area contributed by atoms with Crippen LogP contribution >= 0.6 is 0 Å². The summed E-state index contributed by atoms with van der Waals surface area (Å²) in [6, 6.07) is 18.2. The van der Waals surface area contributed by atoms with Crippen molar-refractivity contribution in [1.29, 1.82) is 0 Å². The summed E-state index contributed by atoms with van der Waals surface area (Å²) < 4.78 is 43.8. The largest absolute Gasteiger partial charge is 0.497 e. The second-order valence-electron chi connectivity index (χ2n) is 7.83. The standard InChI is InChI=1S/C26H29N3O6S/c1-18-9-12-23(13-10-18)36(31,32)29(21-7-6-8-22(16-21)33-3)17-26(30)28-27-19(2)20-11-14-24(34-4)25(15-20)35-5/h6-16H,17H2,1-5H3,(H,28,30)/b27-19-. The summed E-state index contributed by atoms with van der Waals surface area (Å²) in [5, 5.41) is 4.15. The zero-order valence-corrected chi connectivity index (χ0v) is 21.6. The summed E-state index contributed by atoms with van der Waals surface area (Å²) in [6.45, 7) is 3.08. The maximum Gasteiger partial charge on any atom is 0.264 e. The van der Waals surface area contributed by atoms with E-state index >= 15 is 0 Å². The highest BCUT2D eigenvalue weighted by Crippen LogP contribution is 2.28. The molecule has 0 bridgehead atoms. The fraction of sp³-hybridized carbons (Fsp3) is 0.231. The lowest BCUT2D eigenvalue weighted by atomic mass is 10.1. The Morgan fingerprint density at radius 2 is 1.61 bits per heavy atom. The van der Waals surface area contributed by atoms with E-state index in [-0.39, 0.29) is 10.6 Å². The number of methoxy groups -OCH3 is 3. The first kappa shape index (κ1) is 26.6. The van der Waals surface area contributed by atoms with E-state index in [0.29, 0.717) is 28.5 Å². The topological polar surface area (TPSA) is 107 Å². The molecule has 36 heavy (non-hydrogen) atoms. The van der Waals surface area contributed by atoms with Crippen LogP contribution < -0.4 is 23.9 Å². The Hall–Kier alpha value is -4.05. The van der Waals surface area contributed by atoms with Crippen LogP contribution in [-0.2, 0) is 14.8 Å². The van der Waals surface area contributed by atoms with Crippen LogP contribution in [0.15, 0.2) is 76.7 Å². The molecule has 0 saturated heterocycles. The maximum absolute atomic E-state index is 13.5. The van der Waals surface area contributed by atoms with Crippen LogP contribution in [0.4, 0.5) is 5.69 Å². The molecule has 1 amide bonds. The van der Waals surface area contributed by atoms with Gasteiger partial charge in [-0.25, -0.2) is 13.8 Å². The Bertz CT molecular complexity index is 1350. The second-order valence-corrected chi connectivity index (χ2v) is 9.69. The second kappa shape index (κ2) is 11.6. The van der Waals surface area contributed by atoms with Crippen molar-refractivity contribution in [2.24, 2.45) is 5.10 Å². The van der Waals surface area contributed by atoms with Gasteiger partial charge in [-0.15, -0.1) is 0 Å². The van der Waals surface area contributed by atoms with Crippen LogP contribution in [0.2, 0.25) is 0 Å². The lowest BCUT2D eigenvalue weighted by Gasteiger charge is -2.24. The monoisotopic (exact) mass is 511 g/mol. The van der Waals surface area contributed by atoms with Crippen LogP contribution in [0, 0.1) is 6.92 Å². The van der Waals surface area contributed by atoms with Crippen molar-refractivity contribution < 1.29 is 27.4 Å². The number of carbonyl (C=O) groups excluding carboxylic acids is 1. The number of nitrogens with one attached hydrogen (secondary N) is 1. The van der Waals surface area contributed by atoms with Gasteiger partial charge in [0.25, 0.3) is 15.9 Å². The molecule has 0 aromatic heterocycles. The summed E-state index contributed by atoms with van der Waals surface area (Å²) in [7, 11) is 0.487. The number of hydrazone groups is 1. The summed E-state index contributed by atoms with van der Waals surface area (Å²) >= 11 is 0. The average Bonchev–Trinajstić information content (AvgIpc) is 2.90. The fourth-order valence-corrected chi connectivity index (χ4v) is 4.77. The lowest BCUT2D eigenvalue weighted by molar-refractivity contribution is -0.119. The minimum atomic E-state index is -4.06. The van der Waals surface area contributed by atoms with E-state index in [1.165, 1.54) is 33.5 Å². The molecule has 0 aliphatic heterocycles. The minimum absolute atomic E-state index is 0.0636. The molecule has 0 radical (unpaired) electrons. The van der Waals surface area contributed by atoms with Crippen LogP contribution in [0.3, 0.4) is 0 Å². The van der Waals surface area contributed by atoms with Crippen molar-refractivity contribution in [3.8, 4) is 17.2 Å². The molecule has 3 rings (SSSR count). The van der Waals surface area contributed by atoms with E-state index in [1.807, 2.05) is 6.92 Å². The van der Waals surface area contributed by atoms with Gasteiger partial charge in [-0.3, -0.25) is 9.10 Å². The van der Waals surface area contributed by atoms with Gasteiger partial charge < -0.3 is 14.2 Å². The van der Waals surface area contributed by atoms with Gasteiger partial charge in [0.15, 0.2) is 11.5 Å². The normalized spacial score (nSPS) is 11.5. The molecule has 3 aromatic rings. The van der Waals surface area contributed by atoms with Crippen molar-refractivity contribution in [2.45, 2.75) is 18.7 Å². The van der Waals surface area contributed by atoms with Crippen molar-refractivity contribution >= 4 is 27.3 Å². The van der Waals surface area contributed by atoms with Gasteiger partial charge in [0, 0.05) is 11.6 Å². The number of anilines is 1. The molecule has 3 aromatic carbocycles. The van der Waals surface area contributed by atoms with E-state index in [4.69, 9.17) is 14.2 Å². The Balaban J connectivity index is 1.88. The average molecular weight is 512 g/mol. The summed E-state index contributed by atoms with van der Waals surface area (Å²) in [5.41, 5.74) is 4.85. The Morgan fingerprint density at radius 3 is 2.25 bits per heavy atom. The number of amides is 1. The number of rotatable bonds is 10. The van der Waals surface area contributed by atoms with Gasteiger partial charge in [0.1, 0.15) is 12.3 Å². The number of aryl methyl sites for hydroxylation is 1. The lowest BCUT2D eigenvalue weighted by Crippen LogP contribution is -2.39. The molecular formula is C26H29N3O6S. The highest BCUT2D eigenvalue weighted by Gasteiger charge is 2.27. The molecule has 0 aliphatic rings. The number of benzene rings is 3. The van der Waals surface area contributed by atoms with Gasteiger partial charge in [-0.05, 0) is 56.3 Å². The molecule has 0 fully saturated rings. The van der Waals surface area contributed by atoms with Crippen molar-refractivity contribution in [1.82, 2.24) is 5.43 Å². The number of nitrogens with zero attached hydrogens (tertiary/aromatic N) is 2. The van der Waals surface area contributed by atoms with Gasteiger partial charge in [0.05, 0.1) is 37.6 Å². The molecule has 0 atom stereocenters. The highest BCUT2D eigenvalue weighted by molar-refractivity contribution is 7.92. The Kier molecular flexibility index (Phi) is 8.55. The van der Waals surface area contributed by atoms with Gasteiger partial charge >= 0.3 is 0 Å². The smallest absolute Gasteiger partial charge is 0.264 e. The maximum atomic E-state index is 13.5. The van der Waals surface area contributed by atoms with Gasteiger partial charge in [-0.2, -0.15) is 5.10 Å². The number of ether oxygens (including phenoxy) is 3.